The Morgan fingerprint density at radius 2 is 1.94 bits per heavy atom. The summed E-state index contributed by atoms with van der Waals surface area (Å²) in [7, 11) is 0. The van der Waals surface area contributed by atoms with E-state index in [0.29, 0.717) is 26.3 Å². The Bertz CT molecular complexity index is 1210. The zero-order valence-electron chi connectivity index (χ0n) is 19.3. The first-order valence-corrected chi connectivity index (χ1v) is 11.9. The summed E-state index contributed by atoms with van der Waals surface area (Å²) in [6, 6.07) is 18.1. The quantitative estimate of drug-likeness (QED) is 0.534. The van der Waals surface area contributed by atoms with Gasteiger partial charge in [-0.3, -0.25) is 4.99 Å². The van der Waals surface area contributed by atoms with Crippen LogP contribution in [0, 0.1) is 0 Å². The van der Waals surface area contributed by atoms with Crippen molar-refractivity contribution in [1.82, 2.24) is 9.97 Å². The molecule has 7 nitrogen and oxygen atoms in total. The molecule has 1 saturated carbocycles. The summed E-state index contributed by atoms with van der Waals surface area (Å²) in [6.45, 7) is 5.44. The van der Waals surface area contributed by atoms with Gasteiger partial charge in [0, 0.05) is 24.7 Å². The second-order valence-electron chi connectivity index (χ2n) is 9.36. The third-order valence-corrected chi connectivity index (χ3v) is 6.60. The molecule has 7 heteroatoms. The molecule has 0 radical (unpaired) electrons. The molecule has 1 aliphatic carbocycles. The molecule has 1 aromatic heterocycles. The third kappa shape index (κ3) is 4.48. The van der Waals surface area contributed by atoms with Gasteiger partial charge in [-0.25, -0.2) is 9.97 Å². The number of aromatic nitrogens is 2. The molecular formula is C27H28N4O3. The number of anilines is 1. The SMILES string of the molecule is CC1(Oc2ccc3c(c2)C(c2cc(N4CCOC(COc5ccccc5)C4)ncn2)=NC3)CC1. The van der Waals surface area contributed by atoms with E-state index < -0.39 is 0 Å². The van der Waals surface area contributed by atoms with Crippen LogP contribution in [0.3, 0.4) is 0 Å². The second-order valence-corrected chi connectivity index (χ2v) is 9.36. The fourth-order valence-corrected chi connectivity index (χ4v) is 4.39. The number of benzene rings is 2. The molecule has 6 rings (SSSR count). The molecule has 3 aliphatic rings. The molecule has 3 aromatic rings. The highest BCUT2D eigenvalue weighted by molar-refractivity contribution is 6.14. The lowest BCUT2D eigenvalue weighted by molar-refractivity contribution is 0.0100. The molecule has 1 saturated heterocycles. The molecule has 1 atom stereocenters. The molecule has 2 fully saturated rings. The van der Waals surface area contributed by atoms with Crippen molar-refractivity contribution in [2.45, 2.75) is 38.0 Å². The molecule has 0 spiro atoms. The van der Waals surface area contributed by atoms with Gasteiger partial charge in [-0.2, -0.15) is 0 Å². The first-order valence-electron chi connectivity index (χ1n) is 11.9. The van der Waals surface area contributed by atoms with Gasteiger partial charge in [-0.1, -0.05) is 24.3 Å². The molecule has 3 heterocycles. The Hall–Kier alpha value is -3.45. The summed E-state index contributed by atoms with van der Waals surface area (Å²) in [5.41, 5.74) is 4.03. The van der Waals surface area contributed by atoms with Crippen LogP contribution in [0.4, 0.5) is 5.82 Å². The first kappa shape index (κ1) is 21.1. The van der Waals surface area contributed by atoms with E-state index in [4.69, 9.17) is 19.2 Å². The maximum atomic E-state index is 6.19. The average molecular weight is 457 g/mol. The smallest absolute Gasteiger partial charge is 0.132 e. The number of morpholine rings is 1. The minimum Gasteiger partial charge on any atom is -0.491 e. The molecule has 34 heavy (non-hydrogen) atoms. The van der Waals surface area contributed by atoms with Crippen molar-refractivity contribution in [2.75, 3.05) is 31.2 Å². The summed E-state index contributed by atoms with van der Waals surface area (Å²) >= 11 is 0. The lowest BCUT2D eigenvalue weighted by Crippen LogP contribution is -2.45. The highest BCUT2D eigenvalue weighted by atomic mass is 16.5. The third-order valence-electron chi connectivity index (χ3n) is 6.60. The highest BCUT2D eigenvalue weighted by Crippen LogP contribution is 2.40. The van der Waals surface area contributed by atoms with Gasteiger partial charge in [-0.05, 0) is 49.6 Å². The van der Waals surface area contributed by atoms with Crippen molar-refractivity contribution in [1.29, 1.82) is 0 Å². The number of aliphatic imine (C=N–C) groups is 1. The Morgan fingerprint density at radius 1 is 1.06 bits per heavy atom. The largest absolute Gasteiger partial charge is 0.491 e. The Labute approximate surface area is 199 Å². The molecule has 1 unspecified atom stereocenters. The Morgan fingerprint density at radius 3 is 2.79 bits per heavy atom. The van der Waals surface area contributed by atoms with Crippen LogP contribution in [0.15, 0.2) is 65.9 Å². The van der Waals surface area contributed by atoms with Crippen molar-refractivity contribution in [3.8, 4) is 11.5 Å². The molecule has 174 valence electrons. The standard InChI is InChI=1S/C27H28N4O3/c1-27(9-10-27)34-21-8-7-19-15-28-26(23(19)13-21)24-14-25(30-18-29-24)31-11-12-32-22(16-31)17-33-20-5-3-2-4-6-20/h2-8,13-14,18,22H,9-12,15-17H2,1H3. The van der Waals surface area contributed by atoms with Crippen LogP contribution in [-0.4, -0.2) is 53.7 Å². The Kier molecular flexibility index (Phi) is 5.41. The van der Waals surface area contributed by atoms with E-state index in [1.165, 1.54) is 5.56 Å². The monoisotopic (exact) mass is 456 g/mol. The number of nitrogens with zero attached hydrogens (tertiary/aromatic N) is 4. The maximum absolute atomic E-state index is 6.19. The number of para-hydroxylation sites is 1. The van der Waals surface area contributed by atoms with Crippen LogP contribution in [0.5, 0.6) is 11.5 Å². The zero-order chi connectivity index (χ0) is 23.0. The van der Waals surface area contributed by atoms with E-state index in [1.807, 2.05) is 36.4 Å². The molecule has 2 aliphatic heterocycles. The van der Waals surface area contributed by atoms with E-state index in [0.717, 1.165) is 53.7 Å². The zero-order valence-corrected chi connectivity index (χ0v) is 19.3. The molecular weight excluding hydrogens is 428 g/mol. The number of hydrogen-bond acceptors (Lipinski definition) is 7. The van der Waals surface area contributed by atoms with Crippen LogP contribution in [0.2, 0.25) is 0 Å². The molecule has 0 N–H and O–H groups in total. The van der Waals surface area contributed by atoms with Crippen molar-refractivity contribution in [3.63, 3.8) is 0 Å². The highest BCUT2D eigenvalue weighted by Gasteiger charge is 2.40. The topological polar surface area (TPSA) is 69.1 Å². The summed E-state index contributed by atoms with van der Waals surface area (Å²) < 4.78 is 18.0. The van der Waals surface area contributed by atoms with Crippen molar-refractivity contribution < 1.29 is 14.2 Å². The van der Waals surface area contributed by atoms with E-state index in [9.17, 15) is 0 Å². The van der Waals surface area contributed by atoms with Crippen molar-refractivity contribution in [3.05, 3.63) is 77.7 Å². The van der Waals surface area contributed by atoms with E-state index in [1.54, 1.807) is 6.33 Å². The fourth-order valence-electron chi connectivity index (χ4n) is 4.39. The van der Waals surface area contributed by atoms with Gasteiger partial charge in [0.1, 0.15) is 42.0 Å². The predicted octanol–water partition coefficient (Wildman–Crippen LogP) is 4.04. The van der Waals surface area contributed by atoms with E-state index in [-0.39, 0.29) is 11.7 Å². The number of fused-ring (bicyclic) bond motifs is 1. The predicted molar refractivity (Wildman–Crippen MR) is 130 cm³/mol. The number of rotatable bonds is 7. The van der Waals surface area contributed by atoms with Gasteiger partial charge in [0.15, 0.2) is 0 Å². The van der Waals surface area contributed by atoms with Crippen LogP contribution >= 0.6 is 0 Å². The molecule has 2 aromatic carbocycles. The lowest BCUT2D eigenvalue weighted by atomic mass is 10.0. The lowest BCUT2D eigenvalue weighted by Gasteiger charge is -2.33. The summed E-state index contributed by atoms with van der Waals surface area (Å²) in [5.74, 6) is 2.63. The first-order chi connectivity index (χ1) is 16.7. The van der Waals surface area contributed by atoms with Gasteiger partial charge in [0.2, 0.25) is 0 Å². The minimum atomic E-state index is -0.0274. The van der Waals surface area contributed by atoms with Crippen molar-refractivity contribution in [2.24, 2.45) is 4.99 Å². The van der Waals surface area contributed by atoms with E-state index >= 15 is 0 Å². The fraction of sp³-hybridized carbons (Fsp3) is 0.370. The summed E-state index contributed by atoms with van der Waals surface area (Å²) in [6.07, 6.45) is 3.82. The number of hydrogen-bond donors (Lipinski definition) is 0. The van der Waals surface area contributed by atoms with Crippen LogP contribution in [0.1, 0.15) is 36.6 Å². The van der Waals surface area contributed by atoms with E-state index in [2.05, 4.69) is 40.0 Å². The van der Waals surface area contributed by atoms with Gasteiger partial charge in [0.05, 0.1) is 24.6 Å². The second kappa shape index (κ2) is 8.72. The van der Waals surface area contributed by atoms with Crippen LogP contribution in [0.25, 0.3) is 0 Å². The minimum absolute atomic E-state index is 0.0106. The van der Waals surface area contributed by atoms with Crippen LogP contribution in [-0.2, 0) is 11.3 Å². The Balaban J connectivity index is 1.17. The van der Waals surface area contributed by atoms with Crippen molar-refractivity contribution >= 4 is 11.5 Å². The normalized spacial score (nSPS) is 20.4. The molecule has 0 amide bonds. The van der Waals surface area contributed by atoms with Gasteiger partial charge in [0.25, 0.3) is 0 Å². The van der Waals surface area contributed by atoms with Gasteiger partial charge < -0.3 is 19.1 Å². The molecule has 0 bridgehead atoms. The number of ether oxygens (including phenoxy) is 3. The average Bonchev–Trinajstić information content (AvgIpc) is 3.45. The summed E-state index contributed by atoms with van der Waals surface area (Å²) in [5, 5.41) is 0. The maximum Gasteiger partial charge on any atom is 0.132 e. The van der Waals surface area contributed by atoms with Crippen LogP contribution < -0.4 is 14.4 Å². The van der Waals surface area contributed by atoms with Gasteiger partial charge >= 0.3 is 0 Å². The summed E-state index contributed by atoms with van der Waals surface area (Å²) in [4.78, 5) is 16.2. The van der Waals surface area contributed by atoms with Gasteiger partial charge in [-0.15, -0.1) is 0 Å².